The third kappa shape index (κ3) is 2.67. The molecule has 1 aromatic heterocycles. The number of rotatable bonds is 6. The largest absolute Gasteiger partial charge is 0.354 e. The Bertz CT molecular complexity index is 325. The van der Waals surface area contributed by atoms with Crippen LogP contribution in [-0.2, 0) is 6.54 Å². The molecule has 0 radical (unpaired) electrons. The number of hydrogen-bond acceptors (Lipinski definition) is 1. The molecule has 2 atom stereocenters. The van der Waals surface area contributed by atoms with E-state index in [4.69, 9.17) is 0 Å². The van der Waals surface area contributed by atoms with E-state index in [1.165, 1.54) is 24.8 Å². The van der Waals surface area contributed by atoms with Crippen molar-refractivity contribution in [2.45, 2.75) is 45.7 Å². The number of nitrogens with one attached hydrogen (secondary N) is 1. The molecule has 1 aliphatic carbocycles. The van der Waals surface area contributed by atoms with E-state index in [1.54, 1.807) is 0 Å². The highest BCUT2D eigenvalue weighted by atomic mass is 15.0. The zero-order valence-electron chi connectivity index (χ0n) is 10.7. The van der Waals surface area contributed by atoms with Gasteiger partial charge in [-0.1, -0.05) is 20.3 Å². The fraction of sp³-hybridized carbons (Fsp3) is 0.714. The van der Waals surface area contributed by atoms with Crippen LogP contribution in [0.3, 0.4) is 0 Å². The average molecular weight is 220 g/mol. The Labute approximate surface area is 99.0 Å². The zero-order chi connectivity index (χ0) is 11.5. The summed E-state index contributed by atoms with van der Waals surface area (Å²) in [5.41, 5.74) is 1.47. The molecule has 1 aliphatic rings. The predicted octanol–water partition coefficient (Wildman–Crippen LogP) is 3.20. The third-order valence-electron chi connectivity index (χ3n) is 3.76. The van der Waals surface area contributed by atoms with Crippen molar-refractivity contribution in [3.05, 3.63) is 24.0 Å². The van der Waals surface area contributed by atoms with Crippen molar-refractivity contribution >= 4 is 0 Å². The Morgan fingerprint density at radius 1 is 1.50 bits per heavy atom. The molecule has 1 saturated carbocycles. The van der Waals surface area contributed by atoms with Crippen molar-refractivity contribution in [3.8, 4) is 0 Å². The summed E-state index contributed by atoms with van der Waals surface area (Å²) < 4.78 is 2.34. The van der Waals surface area contributed by atoms with E-state index in [0.717, 1.165) is 18.4 Å². The van der Waals surface area contributed by atoms with Crippen molar-refractivity contribution < 1.29 is 0 Å². The normalized spacial score (nSPS) is 19.7. The van der Waals surface area contributed by atoms with Crippen molar-refractivity contribution in [1.82, 2.24) is 9.88 Å². The summed E-state index contributed by atoms with van der Waals surface area (Å²) in [6, 6.07) is 2.86. The second-order valence-corrected chi connectivity index (χ2v) is 5.26. The standard InChI is InChI=1S/C14H24N2/c1-4-11(2)9-16-8-7-13(10-16)14(15-3)12-5-6-12/h7-8,10-12,14-15H,4-6,9H2,1-3H3. The second kappa shape index (κ2) is 5.05. The number of nitrogens with zero attached hydrogens (tertiary/aromatic N) is 1. The highest BCUT2D eigenvalue weighted by Gasteiger charge is 2.31. The van der Waals surface area contributed by atoms with Crippen LogP contribution in [-0.4, -0.2) is 11.6 Å². The first kappa shape index (κ1) is 11.7. The van der Waals surface area contributed by atoms with Gasteiger partial charge in [0.15, 0.2) is 0 Å². The first-order valence-electron chi connectivity index (χ1n) is 6.57. The van der Waals surface area contributed by atoms with Gasteiger partial charge in [0.05, 0.1) is 0 Å². The molecule has 1 N–H and O–H groups in total. The Morgan fingerprint density at radius 2 is 2.25 bits per heavy atom. The number of aromatic nitrogens is 1. The Balaban J connectivity index is 2.00. The molecule has 0 spiro atoms. The molecule has 2 heteroatoms. The van der Waals surface area contributed by atoms with Crippen molar-refractivity contribution in [2.75, 3.05) is 7.05 Å². The molecule has 0 saturated heterocycles. The zero-order valence-corrected chi connectivity index (χ0v) is 10.7. The van der Waals surface area contributed by atoms with E-state index < -0.39 is 0 Å². The van der Waals surface area contributed by atoms with Crippen LogP contribution >= 0.6 is 0 Å². The van der Waals surface area contributed by atoms with Gasteiger partial charge in [0, 0.05) is 25.0 Å². The molecular formula is C14H24N2. The first-order valence-corrected chi connectivity index (χ1v) is 6.57. The van der Waals surface area contributed by atoms with E-state index in [0.29, 0.717) is 6.04 Å². The van der Waals surface area contributed by atoms with E-state index >= 15 is 0 Å². The van der Waals surface area contributed by atoms with Gasteiger partial charge in [0.1, 0.15) is 0 Å². The van der Waals surface area contributed by atoms with Crippen LogP contribution < -0.4 is 5.32 Å². The SMILES string of the molecule is CCC(C)Cn1ccc(C(NC)C2CC2)c1. The van der Waals surface area contributed by atoms with Gasteiger partial charge >= 0.3 is 0 Å². The van der Waals surface area contributed by atoms with Gasteiger partial charge in [-0.25, -0.2) is 0 Å². The molecule has 1 aromatic rings. The van der Waals surface area contributed by atoms with Gasteiger partial charge < -0.3 is 9.88 Å². The van der Waals surface area contributed by atoms with Gasteiger partial charge in [0.25, 0.3) is 0 Å². The monoisotopic (exact) mass is 220 g/mol. The summed E-state index contributed by atoms with van der Waals surface area (Å²) in [6.07, 6.45) is 8.59. The van der Waals surface area contributed by atoms with Crippen LogP contribution in [0.4, 0.5) is 0 Å². The summed E-state index contributed by atoms with van der Waals surface area (Å²) in [5.74, 6) is 1.65. The summed E-state index contributed by atoms with van der Waals surface area (Å²) in [7, 11) is 2.08. The minimum Gasteiger partial charge on any atom is -0.354 e. The lowest BCUT2D eigenvalue weighted by molar-refractivity contribution is 0.466. The molecule has 0 aliphatic heterocycles. The highest BCUT2D eigenvalue weighted by molar-refractivity contribution is 5.18. The lowest BCUT2D eigenvalue weighted by Gasteiger charge is -2.14. The summed E-state index contributed by atoms with van der Waals surface area (Å²) in [4.78, 5) is 0. The Hall–Kier alpha value is -0.760. The average Bonchev–Trinajstić information content (AvgIpc) is 3.01. The van der Waals surface area contributed by atoms with Crippen molar-refractivity contribution in [3.63, 3.8) is 0 Å². The van der Waals surface area contributed by atoms with E-state index in [2.05, 4.69) is 49.2 Å². The van der Waals surface area contributed by atoms with Crippen LogP contribution in [0.15, 0.2) is 18.5 Å². The molecule has 1 fully saturated rings. The molecule has 0 amide bonds. The summed E-state index contributed by atoms with van der Waals surface area (Å²) in [5, 5.41) is 3.45. The van der Waals surface area contributed by atoms with Gasteiger partial charge in [-0.2, -0.15) is 0 Å². The summed E-state index contributed by atoms with van der Waals surface area (Å²) in [6.45, 7) is 5.73. The minimum absolute atomic E-state index is 0.582. The van der Waals surface area contributed by atoms with Crippen LogP contribution in [0, 0.1) is 11.8 Å². The fourth-order valence-corrected chi connectivity index (χ4v) is 2.35. The maximum Gasteiger partial charge on any atom is 0.0361 e. The second-order valence-electron chi connectivity index (χ2n) is 5.26. The van der Waals surface area contributed by atoms with Crippen LogP contribution in [0.5, 0.6) is 0 Å². The fourth-order valence-electron chi connectivity index (χ4n) is 2.35. The van der Waals surface area contributed by atoms with E-state index in [1.807, 2.05) is 0 Å². The lowest BCUT2D eigenvalue weighted by atomic mass is 10.1. The minimum atomic E-state index is 0.582. The van der Waals surface area contributed by atoms with Gasteiger partial charge in [0.2, 0.25) is 0 Å². The smallest absolute Gasteiger partial charge is 0.0361 e. The molecule has 2 unspecified atom stereocenters. The summed E-state index contributed by atoms with van der Waals surface area (Å²) >= 11 is 0. The molecule has 2 rings (SSSR count). The molecule has 16 heavy (non-hydrogen) atoms. The van der Waals surface area contributed by atoms with E-state index in [9.17, 15) is 0 Å². The van der Waals surface area contributed by atoms with Crippen molar-refractivity contribution in [2.24, 2.45) is 11.8 Å². The quantitative estimate of drug-likeness (QED) is 0.779. The Kier molecular flexibility index (Phi) is 3.70. The predicted molar refractivity (Wildman–Crippen MR) is 68.4 cm³/mol. The molecule has 0 aromatic carbocycles. The van der Waals surface area contributed by atoms with Gasteiger partial charge in [-0.15, -0.1) is 0 Å². The molecule has 1 heterocycles. The Morgan fingerprint density at radius 3 is 2.81 bits per heavy atom. The van der Waals surface area contributed by atoms with Crippen LogP contribution in [0.2, 0.25) is 0 Å². The maximum absolute atomic E-state index is 3.45. The first-order chi connectivity index (χ1) is 7.74. The van der Waals surface area contributed by atoms with Gasteiger partial charge in [-0.05, 0) is 43.4 Å². The third-order valence-corrected chi connectivity index (χ3v) is 3.76. The maximum atomic E-state index is 3.45. The van der Waals surface area contributed by atoms with Gasteiger partial charge in [-0.3, -0.25) is 0 Å². The van der Waals surface area contributed by atoms with Crippen LogP contribution in [0.25, 0.3) is 0 Å². The van der Waals surface area contributed by atoms with Crippen LogP contribution in [0.1, 0.15) is 44.7 Å². The van der Waals surface area contributed by atoms with Crippen molar-refractivity contribution in [1.29, 1.82) is 0 Å². The highest BCUT2D eigenvalue weighted by Crippen LogP contribution is 2.40. The molecule has 0 bridgehead atoms. The number of hydrogen-bond donors (Lipinski definition) is 1. The molecular weight excluding hydrogens is 196 g/mol. The molecule has 2 nitrogen and oxygen atoms in total. The lowest BCUT2D eigenvalue weighted by Crippen LogP contribution is -2.17. The van der Waals surface area contributed by atoms with E-state index in [-0.39, 0.29) is 0 Å². The molecule has 90 valence electrons. The topological polar surface area (TPSA) is 17.0 Å².